The second-order valence-electron chi connectivity index (χ2n) is 7.64. The molecule has 2 heterocycles. The number of hydrogen-bond donors (Lipinski definition) is 1. The zero-order chi connectivity index (χ0) is 22.9. The number of nitrogens with zero attached hydrogens (tertiary/aromatic N) is 2. The Morgan fingerprint density at radius 3 is 2.59 bits per heavy atom. The van der Waals surface area contributed by atoms with Gasteiger partial charge in [0.05, 0.1) is 23.7 Å². The summed E-state index contributed by atoms with van der Waals surface area (Å²) >= 11 is 0. The number of amides is 1. The number of carbonyl (C=O) groups is 1. The van der Waals surface area contributed by atoms with E-state index in [9.17, 15) is 17.6 Å². The standard InChI is InChI=1S/C22H23FN2O5S2/c1-15-2-5-19(6-3-15)32(28,29)24-31-10-8-16(9-11-31)20-7-4-17(12-21(20)23)25-13-18(14-26)30-22(25)27/h2-8,12,18,26H,9-11,13-14H2,1H3/t18-,31?/m1/s1. The fourth-order valence-corrected chi connectivity index (χ4v) is 7.07. The molecule has 170 valence electrons. The van der Waals surface area contributed by atoms with Gasteiger partial charge in [0.25, 0.3) is 10.0 Å². The average Bonchev–Trinajstić information content (AvgIpc) is 3.15. The number of aliphatic hydroxyl groups is 1. The molecule has 0 aliphatic carbocycles. The van der Waals surface area contributed by atoms with Crippen LogP contribution in [0, 0.1) is 12.7 Å². The Balaban J connectivity index is 1.50. The predicted octanol–water partition coefficient (Wildman–Crippen LogP) is 3.43. The van der Waals surface area contributed by atoms with Crippen molar-refractivity contribution in [2.45, 2.75) is 24.3 Å². The van der Waals surface area contributed by atoms with Crippen molar-refractivity contribution in [2.75, 3.05) is 29.6 Å². The maximum Gasteiger partial charge on any atom is 0.414 e. The molecular formula is C22H23FN2O5S2. The molecular weight excluding hydrogens is 455 g/mol. The molecule has 2 aromatic carbocycles. The van der Waals surface area contributed by atoms with E-state index in [1.807, 2.05) is 13.0 Å². The number of cyclic esters (lactones) is 1. The summed E-state index contributed by atoms with van der Waals surface area (Å²) in [6, 6.07) is 11.1. The lowest BCUT2D eigenvalue weighted by Gasteiger charge is -2.18. The van der Waals surface area contributed by atoms with Crippen molar-refractivity contribution < 1.29 is 27.4 Å². The molecule has 0 aromatic heterocycles. The number of anilines is 1. The summed E-state index contributed by atoms with van der Waals surface area (Å²) in [5.74, 6) is 0.479. The van der Waals surface area contributed by atoms with Crippen molar-refractivity contribution in [3.63, 3.8) is 0 Å². The molecule has 32 heavy (non-hydrogen) atoms. The van der Waals surface area contributed by atoms with E-state index in [1.54, 1.807) is 36.4 Å². The van der Waals surface area contributed by atoms with Gasteiger partial charge in [-0.25, -0.2) is 9.18 Å². The fourth-order valence-electron chi connectivity index (χ4n) is 3.57. The molecule has 0 radical (unpaired) electrons. The highest BCUT2D eigenvalue weighted by atomic mass is 32.3. The van der Waals surface area contributed by atoms with Crippen LogP contribution in [0.1, 0.15) is 17.5 Å². The van der Waals surface area contributed by atoms with Gasteiger partial charge in [0.2, 0.25) is 0 Å². The Labute approximate surface area is 188 Å². The minimum atomic E-state index is -3.73. The number of carbonyl (C=O) groups excluding carboxylic acids is 1. The predicted molar refractivity (Wildman–Crippen MR) is 122 cm³/mol. The van der Waals surface area contributed by atoms with Crippen LogP contribution in [0.25, 0.3) is 5.57 Å². The first-order valence-corrected chi connectivity index (χ1v) is 13.0. The summed E-state index contributed by atoms with van der Waals surface area (Å²) in [7, 11) is -4.42. The molecule has 1 amide bonds. The highest BCUT2D eigenvalue weighted by Crippen LogP contribution is 2.30. The number of allylic oxidation sites excluding steroid dienone is 1. The molecule has 10 heteroatoms. The van der Waals surface area contributed by atoms with Gasteiger partial charge in [0.15, 0.2) is 0 Å². The zero-order valence-electron chi connectivity index (χ0n) is 17.4. The molecule has 1 saturated heterocycles. The van der Waals surface area contributed by atoms with Crippen molar-refractivity contribution >= 4 is 38.1 Å². The Hall–Kier alpha value is -2.56. The van der Waals surface area contributed by atoms with Crippen LogP contribution in [-0.4, -0.2) is 50.4 Å². The Bertz CT molecular complexity index is 1210. The van der Waals surface area contributed by atoms with Crippen LogP contribution >= 0.6 is 0 Å². The number of halogens is 1. The molecule has 1 fully saturated rings. The molecule has 1 N–H and O–H groups in total. The Morgan fingerprint density at radius 1 is 1.25 bits per heavy atom. The highest BCUT2D eigenvalue weighted by Gasteiger charge is 2.32. The van der Waals surface area contributed by atoms with Gasteiger partial charge in [0.1, 0.15) is 11.9 Å². The summed E-state index contributed by atoms with van der Waals surface area (Å²) < 4.78 is 49.0. The molecule has 2 aromatic rings. The third-order valence-corrected chi connectivity index (χ3v) is 9.06. The van der Waals surface area contributed by atoms with E-state index in [4.69, 9.17) is 9.84 Å². The van der Waals surface area contributed by atoms with Gasteiger partial charge in [-0.3, -0.25) is 4.90 Å². The third kappa shape index (κ3) is 4.77. The van der Waals surface area contributed by atoms with E-state index < -0.39 is 38.7 Å². The molecule has 2 aliphatic heterocycles. The number of aliphatic hydroxyl groups excluding tert-OH is 1. The first kappa shape index (κ1) is 22.6. The van der Waals surface area contributed by atoms with Crippen LogP contribution in [0.3, 0.4) is 0 Å². The second kappa shape index (κ2) is 9.13. The smallest absolute Gasteiger partial charge is 0.414 e. The molecule has 0 bridgehead atoms. The van der Waals surface area contributed by atoms with Gasteiger partial charge in [-0.15, -0.1) is 3.77 Å². The molecule has 2 aliphatic rings. The largest absolute Gasteiger partial charge is 0.441 e. The van der Waals surface area contributed by atoms with Gasteiger partial charge in [0, 0.05) is 17.1 Å². The second-order valence-corrected chi connectivity index (χ2v) is 11.3. The Morgan fingerprint density at radius 2 is 2.00 bits per heavy atom. The van der Waals surface area contributed by atoms with Crippen LogP contribution in [-0.2, 0) is 25.5 Å². The van der Waals surface area contributed by atoms with Crippen molar-refractivity contribution in [2.24, 2.45) is 3.77 Å². The Kier molecular flexibility index (Phi) is 6.45. The van der Waals surface area contributed by atoms with Gasteiger partial charge >= 0.3 is 6.09 Å². The van der Waals surface area contributed by atoms with Crippen molar-refractivity contribution in [3.8, 4) is 0 Å². The minimum absolute atomic E-state index is 0.163. The lowest BCUT2D eigenvalue weighted by atomic mass is 10.0. The summed E-state index contributed by atoms with van der Waals surface area (Å²) in [4.78, 5) is 13.4. The van der Waals surface area contributed by atoms with Crippen LogP contribution < -0.4 is 4.90 Å². The van der Waals surface area contributed by atoms with Gasteiger partial charge < -0.3 is 9.84 Å². The molecule has 1 unspecified atom stereocenters. The summed E-state index contributed by atoms with van der Waals surface area (Å²) in [6.07, 6.45) is 1.10. The average molecular weight is 479 g/mol. The first-order valence-electron chi connectivity index (χ1n) is 10.1. The minimum Gasteiger partial charge on any atom is -0.441 e. The van der Waals surface area contributed by atoms with Crippen molar-refractivity contribution in [3.05, 3.63) is 65.5 Å². The molecule has 7 nitrogen and oxygen atoms in total. The summed E-state index contributed by atoms with van der Waals surface area (Å²) in [6.45, 7) is 1.76. The first-order chi connectivity index (χ1) is 15.3. The van der Waals surface area contributed by atoms with Crippen LogP contribution in [0.15, 0.2) is 57.2 Å². The quantitative estimate of drug-likeness (QED) is 0.710. The van der Waals surface area contributed by atoms with E-state index in [0.29, 0.717) is 29.2 Å². The van der Waals surface area contributed by atoms with E-state index >= 15 is 0 Å². The third-order valence-electron chi connectivity index (χ3n) is 5.34. The van der Waals surface area contributed by atoms with E-state index in [2.05, 4.69) is 3.77 Å². The lowest BCUT2D eigenvalue weighted by molar-refractivity contribution is 0.0963. The van der Waals surface area contributed by atoms with Gasteiger partial charge in [-0.1, -0.05) is 34.5 Å². The topological polar surface area (TPSA) is 96.3 Å². The maximum absolute atomic E-state index is 14.8. The zero-order valence-corrected chi connectivity index (χ0v) is 19.0. The van der Waals surface area contributed by atoms with Gasteiger partial charge in [-0.05, 0) is 49.2 Å². The molecule has 0 spiro atoms. The van der Waals surface area contributed by atoms with Crippen LogP contribution in [0.5, 0.6) is 0 Å². The van der Waals surface area contributed by atoms with E-state index in [0.717, 1.165) is 11.1 Å². The molecule has 0 saturated carbocycles. The van der Waals surface area contributed by atoms with E-state index in [1.165, 1.54) is 11.0 Å². The SMILES string of the molecule is Cc1ccc(S(=O)(=O)/N=S2/CC=C(c3ccc(N4C[C@H](CO)OC4=O)cc3F)CC2)cc1. The highest BCUT2D eigenvalue weighted by molar-refractivity contribution is 8.00. The van der Waals surface area contributed by atoms with Crippen molar-refractivity contribution in [1.82, 2.24) is 0 Å². The normalized spacial score (nSPS) is 21.5. The van der Waals surface area contributed by atoms with Crippen LogP contribution in [0.4, 0.5) is 14.9 Å². The number of ether oxygens (including phenoxy) is 1. The number of sulfonamides is 1. The van der Waals surface area contributed by atoms with Crippen LogP contribution in [0.2, 0.25) is 0 Å². The summed E-state index contributed by atoms with van der Waals surface area (Å²) in [5, 5.41) is 9.15. The number of benzene rings is 2. The van der Waals surface area contributed by atoms with Gasteiger partial charge in [-0.2, -0.15) is 8.42 Å². The maximum atomic E-state index is 14.8. The number of aryl methyl sites for hydroxylation is 1. The number of rotatable bonds is 5. The summed E-state index contributed by atoms with van der Waals surface area (Å²) in [5.41, 5.74) is 2.55. The lowest BCUT2D eigenvalue weighted by Crippen LogP contribution is -2.25. The van der Waals surface area contributed by atoms with Crippen molar-refractivity contribution in [1.29, 1.82) is 0 Å². The van der Waals surface area contributed by atoms with E-state index in [-0.39, 0.29) is 18.0 Å². The molecule has 2 atom stereocenters. The number of hydrogen-bond acceptors (Lipinski definition) is 5. The molecule has 4 rings (SSSR count). The fraction of sp³-hybridized carbons (Fsp3) is 0.318. The monoisotopic (exact) mass is 478 g/mol.